The SMILES string of the molecule is COC(=O)CCn1c(=NC(=O)c2ccc([N+](=O)[O-])s2)sc2cc(F)ccc21. The van der Waals surface area contributed by atoms with E-state index in [0.717, 1.165) is 22.7 Å². The first-order chi connectivity index (χ1) is 12.9. The lowest BCUT2D eigenvalue weighted by molar-refractivity contribution is -0.380. The van der Waals surface area contributed by atoms with E-state index < -0.39 is 22.6 Å². The number of hydrogen-bond acceptors (Lipinski definition) is 7. The summed E-state index contributed by atoms with van der Waals surface area (Å²) < 4.78 is 20.3. The van der Waals surface area contributed by atoms with Crippen molar-refractivity contribution in [3.8, 4) is 0 Å². The van der Waals surface area contributed by atoms with Gasteiger partial charge < -0.3 is 9.30 Å². The molecular weight excluding hydrogens is 397 g/mol. The minimum absolute atomic E-state index is 0.0472. The van der Waals surface area contributed by atoms with Crippen LogP contribution in [0.1, 0.15) is 16.1 Å². The molecule has 2 heterocycles. The van der Waals surface area contributed by atoms with Crippen molar-refractivity contribution < 1.29 is 23.6 Å². The molecule has 0 aliphatic rings. The average Bonchev–Trinajstić information content (AvgIpc) is 3.24. The first-order valence-corrected chi connectivity index (χ1v) is 9.21. The summed E-state index contributed by atoms with van der Waals surface area (Å²) in [4.78, 5) is 38.5. The maximum atomic E-state index is 13.5. The molecule has 0 unspecified atom stereocenters. The van der Waals surface area contributed by atoms with Gasteiger partial charge >= 0.3 is 11.0 Å². The van der Waals surface area contributed by atoms with Crippen LogP contribution in [0.15, 0.2) is 35.3 Å². The molecule has 140 valence electrons. The Morgan fingerprint density at radius 1 is 1.30 bits per heavy atom. The van der Waals surface area contributed by atoms with Crippen LogP contribution < -0.4 is 4.80 Å². The lowest BCUT2D eigenvalue weighted by atomic mass is 10.3. The lowest BCUT2D eigenvalue weighted by Crippen LogP contribution is -2.19. The molecule has 0 saturated carbocycles. The molecule has 0 fully saturated rings. The third kappa shape index (κ3) is 4.09. The molecule has 3 aromatic rings. The molecule has 0 spiro atoms. The number of esters is 1. The van der Waals surface area contributed by atoms with E-state index in [1.165, 1.54) is 37.4 Å². The van der Waals surface area contributed by atoms with Crippen LogP contribution in [-0.4, -0.2) is 28.5 Å². The zero-order valence-corrected chi connectivity index (χ0v) is 15.5. The van der Waals surface area contributed by atoms with E-state index in [0.29, 0.717) is 10.2 Å². The Morgan fingerprint density at radius 2 is 2.07 bits per heavy atom. The van der Waals surface area contributed by atoms with Crippen molar-refractivity contribution in [2.75, 3.05) is 7.11 Å². The molecule has 0 saturated heterocycles. The fraction of sp³-hybridized carbons (Fsp3) is 0.188. The van der Waals surface area contributed by atoms with Crippen LogP contribution in [-0.2, 0) is 16.1 Å². The minimum atomic E-state index is -0.646. The van der Waals surface area contributed by atoms with E-state index >= 15 is 0 Å². The van der Waals surface area contributed by atoms with Crippen molar-refractivity contribution >= 4 is 49.8 Å². The quantitative estimate of drug-likeness (QED) is 0.366. The number of carbonyl (C=O) groups is 2. The molecular formula is C16H12FN3O5S2. The largest absolute Gasteiger partial charge is 0.469 e. The standard InChI is InChI=1S/C16H12FN3O5S2/c1-25-14(21)6-7-19-10-3-2-9(17)8-12(10)27-16(19)18-15(22)11-4-5-13(26-11)20(23)24/h2-5,8H,6-7H2,1H3. The molecule has 3 rings (SSSR count). The summed E-state index contributed by atoms with van der Waals surface area (Å²) in [5.41, 5.74) is 0.619. The predicted octanol–water partition coefficient (Wildman–Crippen LogP) is 3.12. The summed E-state index contributed by atoms with van der Waals surface area (Å²) >= 11 is 1.81. The summed E-state index contributed by atoms with van der Waals surface area (Å²) in [5, 5.41) is 10.6. The number of aryl methyl sites for hydroxylation is 1. The Bertz CT molecular complexity index is 1110. The zero-order valence-electron chi connectivity index (χ0n) is 13.9. The second kappa shape index (κ2) is 7.76. The molecule has 0 atom stereocenters. The van der Waals surface area contributed by atoms with E-state index in [1.807, 2.05) is 0 Å². The summed E-state index contributed by atoms with van der Waals surface area (Å²) in [6.07, 6.45) is 0.0472. The number of nitro groups is 1. The zero-order chi connectivity index (χ0) is 19.6. The second-order valence-corrected chi connectivity index (χ2v) is 7.36. The van der Waals surface area contributed by atoms with Gasteiger partial charge in [0.05, 0.1) is 28.7 Å². The van der Waals surface area contributed by atoms with Crippen LogP contribution in [0.25, 0.3) is 10.2 Å². The Morgan fingerprint density at radius 3 is 2.74 bits per heavy atom. The number of benzene rings is 1. The van der Waals surface area contributed by atoms with E-state index in [2.05, 4.69) is 9.73 Å². The molecule has 8 nitrogen and oxygen atoms in total. The Kier molecular flexibility index (Phi) is 5.42. The Labute approximate surface area is 159 Å². The molecule has 0 N–H and O–H groups in total. The smallest absolute Gasteiger partial charge is 0.324 e. The van der Waals surface area contributed by atoms with E-state index in [9.17, 15) is 24.1 Å². The summed E-state index contributed by atoms with van der Waals surface area (Å²) in [5.74, 6) is -1.52. The first-order valence-electron chi connectivity index (χ1n) is 7.58. The third-order valence-corrected chi connectivity index (χ3v) is 5.66. The molecule has 0 aliphatic carbocycles. The number of thiazole rings is 1. The number of amides is 1. The van der Waals surface area contributed by atoms with Gasteiger partial charge in [-0.15, -0.1) is 0 Å². The molecule has 1 aromatic carbocycles. The van der Waals surface area contributed by atoms with Crippen LogP contribution in [0.5, 0.6) is 0 Å². The molecule has 0 radical (unpaired) electrons. The highest BCUT2D eigenvalue weighted by atomic mass is 32.1. The van der Waals surface area contributed by atoms with Gasteiger partial charge in [0, 0.05) is 12.6 Å². The van der Waals surface area contributed by atoms with E-state index in [-0.39, 0.29) is 27.6 Å². The van der Waals surface area contributed by atoms with Gasteiger partial charge in [-0.05, 0) is 24.3 Å². The molecule has 0 bridgehead atoms. The van der Waals surface area contributed by atoms with Gasteiger partial charge in [-0.1, -0.05) is 22.7 Å². The topological polar surface area (TPSA) is 104 Å². The van der Waals surface area contributed by atoms with Crippen molar-refractivity contribution in [2.24, 2.45) is 4.99 Å². The number of halogens is 1. The lowest BCUT2D eigenvalue weighted by Gasteiger charge is -2.04. The third-order valence-electron chi connectivity index (χ3n) is 3.59. The molecule has 0 aliphatic heterocycles. The van der Waals surface area contributed by atoms with Crippen molar-refractivity contribution in [3.05, 3.63) is 55.9 Å². The fourth-order valence-corrected chi connectivity index (χ4v) is 4.12. The monoisotopic (exact) mass is 409 g/mol. The number of ether oxygens (including phenoxy) is 1. The van der Waals surface area contributed by atoms with Crippen LogP contribution in [0, 0.1) is 15.9 Å². The molecule has 27 heavy (non-hydrogen) atoms. The van der Waals surface area contributed by atoms with Crippen LogP contribution in [0.2, 0.25) is 0 Å². The van der Waals surface area contributed by atoms with Crippen LogP contribution >= 0.6 is 22.7 Å². The number of thiophene rings is 1. The summed E-state index contributed by atoms with van der Waals surface area (Å²) in [6, 6.07) is 6.70. The van der Waals surface area contributed by atoms with Crippen molar-refractivity contribution in [1.82, 2.24) is 4.57 Å². The average molecular weight is 409 g/mol. The number of carbonyl (C=O) groups excluding carboxylic acids is 2. The fourth-order valence-electron chi connectivity index (χ4n) is 2.34. The van der Waals surface area contributed by atoms with Gasteiger partial charge in [0.1, 0.15) is 10.7 Å². The van der Waals surface area contributed by atoms with Gasteiger partial charge in [0.25, 0.3) is 5.91 Å². The highest BCUT2D eigenvalue weighted by molar-refractivity contribution is 7.17. The maximum absolute atomic E-state index is 13.5. The number of rotatable bonds is 5. The number of hydrogen-bond donors (Lipinski definition) is 0. The van der Waals surface area contributed by atoms with E-state index in [4.69, 9.17) is 0 Å². The molecule has 1 amide bonds. The van der Waals surface area contributed by atoms with Crippen molar-refractivity contribution in [2.45, 2.75) is 13.0 Å². The number of methoxy groups -OCH3 is 1. The summed E-state index contributed by atoms with van der Waals surface area (Å²) in [6.45, 7) is 0.189. The van der Waals surface area contributed by atoms with Gasteiger partial charge in [0.2, 0.25) is 0 Å². The molecule has 2 aromatic heterocycles. The Hall–Kier alpha value is -2.92. The van der Waals surface area contributed by atoms with Crippen LogP contribution in [0.4, 0.5) is 9.39 Å². The number of aromatic nitrogens is 1. The van der Waals surface area contributed by atoms with Crippen LogP contribution in [0.3, 0.4) is 0 Å². The first kappa shape index (κ1) is 18.9. The number of fused-ring (bicyclic) bond motifs is 1. The van der Waals surface area contributed by atoms with Gasteiger partial charge in [-0.3, -0.25) is 19.7 Å². The molecule has 11 heteroatoms. The van der Waals surface area contributed by atoms with Gasteiger partial charge in [-0.25, -0.2) is 4.39 Å². The normalized spacial score (nSPS) is 11.7. The van der Waals surface area contributed by atoms with E-state index in [1.54, 1.807) is 4.57 Å². The van der Waals surface area contributed by atoms with Crippen molar-refractivity contribution in [3.63, 3.8) is 0 Å². The maximum Gasteiger partial charge on any atom is 0.324 e. The van der Waals surface area contributed by atoms with Gasteiger partial charge in [-0.2, -0.15) is 4.99 Å². The predicted molar refractivity (Wildman–Crippen MR) is 97.3 cm³/mol. The number of nitrogens with zero attached hydrogens (tertiary/aromatic N) is 3. The van der Waals surface area contributed by atoms with Gasteiger partial charge in [0.15, 0.2) is 4.80 Å². The Balaban J connectivity index is 2.05. The highest BCUT2D eigenvalue weighted by Crippen LogP contribution is 2.25. The minimum Gasteiger partial charge on any atom is -0.469 e. The second-order valence-electron chi connectivity index (χ2n) is 5.29. The summed E-state index contributed by atoms with van der Waals surface area (Å²) in [7, 11) is 1.27. The van der Waals surface area contributed by atoms with Crippen molar-refractivity contribution in [1.29, 1.82) is 0 Å². The highest BCUT2D eigenvalue weighted by Gasteiger charge is 2.16.